The van der Waals surface area contributed by atoms with Gasteiger partial charge in [0.15, 0.2) is 0 Å². The van der Waals surface area contributed by atoms with Crippen molar-refractivity contribution in [1.29, 1.82) is 0 Å². The average Bonchev–Trinajstić information content (AvgIpc) is 2.48. The maximum absolute atomic E-state index is 13.1. The summed E-state index contributed by atoms with van der Waals surface area (Å²) in [7, 11) is 5.52. The van der Waals surface area contributed by atoms with Crippen LogP contribution in [0.4, 0.5) is 4.39 Å². The van der Waals surface area contributed by atoms with Crippen molar-refractivity contribution in [2.75, 3.05) is 6.61 Å². The Morgan fingerprint density at radius 1 is 1.50 bits per heavy atom. The fraction of sp³-hybridized carbons (Fsp3) is 0.455. The molecule has 1 aliphatic rings. The van der Waals surface area contributed by atoms with E-state index in [0.29, 0.717) is 24.2 Å². The second-order valence-corrected chi connectivity index (χ2v) is 4.07. The van der Waals surface area contributed by atoms with Crippen LogP contribution in [-0.2, 0) is 0 Å². The van der Waals surface area contributed by atoms with Gasteiger partial charge in [-0.2, -0.15) is 0 Å². The van der Waals surface area contributed by atoms with Gasteiger partial charge >= 0.3 is 0 Å². The maximum Gasteiger partial charge on any atom is 0.125 e. The summed E-state index contributed by atoms with van der Waals surface area (Å²) in [5.41, 5.74) is 1.25. The first-order chi connectivity index (χ1) is 6.59. The van der Waals surface area contributed by atoms with Gasteiger partial charge in [-0.1, -0.05) is 25.4 Å². The van der Waals surface area contributed by atoms with Crippen LogP contribution in [0, 0.1) is 11.7 Å². The highest BCUT2D eigenvalue weighted by molar-refractivity contribution is 6.32. The molecule has 0 bridgehead atoms. The van der Waals surface area contributed by atoms with Crippen LogP contribution in [0.1, 0.15) is 25.3 Å². The number of ether oxygens (including phenoxy) is 1. The number of rotatable bonds is 1. The molecule has 72 valence electrons. The second-order valence-electron chi connectivity index (χ2n) is 4.07. The number of benzene rings is 1. The molecule has 1 aliphatic heterocycles. The lowest BCUT2D eigenvalue weighted by Gasteiger charge is -2.13. The van der Waals surface area contributed by atoms with E-state index in [9.17, 15) is 4.39 Å². The quantitative estimate of drug-likeness (QED) is 0.613. The number of halogens is 1. The van der Waals surface area contributed by atoms with E-state index in [1.807, 2.05) is 0 Å². The molecular weight excluding hydrogens is 178 g/mol. The Morgan fingerprint density at radius 2 is 2.21 bits per heavy atom. The first-order valence-corrected chi connectivity index (χ1v) is 4.81. The highest BCUT2D eigenvalue weighted by atomic mass is 19.1. The van der Waals surface area contributed by atoms with Gasteiger partial charge in [0.05, 0.1) is 6.61 Å². The van der Waals surface area contributed by atoms with E-state index in [1.165, 1.54) is 6.07 Å². The van der Waals surface area contributed by atoms with Crippen LogP contribution in [0.2, 0.25) is 0 Å². The van der Waals surface area contributed by atoms with Crippen molar-refractivity contribution in [3.63, 3.8) is 0 Å². The van der Waals surface area contributed by atoms with Gasteiger partial charge in [0.1, 0.15) is 19.4 Å². The summed E-state index contributed by atoms with van der Waals surface area (Å²) < 4.78 is 18.5. The van der Waals surface area contributed by atoms with Crippen LogP contribution in [0.5, 0.6) is 5.75 Å². The van der Waals surface area contributed by atoms with Gasteiger partial charge in [-0.3, -0.25) is 0 Å². The van der Waals surface area contributed by atoms with Gasteiger partial charge < -0.3 is 4.74 Å². The average molecular weight is 190 g/mol. The Morgan fingerprint density at radius 3 is 2.86 bits per heavy atom. The fourth-order valence-corrected chi connectivity index (χ4v) is 1.83. The Kier molecular flexibility index (Phi) is 2.26. The van der Waals surface area contributed by atoms with Crippen LogP contribution in [0.25, 0.3) is 0 Å². The van der Waals surface area contributed by atoms with E-state index in [2.05, 4.69) is 13.8 Å². The molecule has 0 spiro atoms. The SMILES string of the molecule is [B]c1cc2c(cc1F)OCC2C(C)C. The topological polar surface area (TPSA) is 9.23 Å². The number of hydrogen-bond acceptors (Lipinski definition) is 1. The van der Waals surface area contributed by atoms with Crippen LogP contribution >= 0.6 is 0 Å². The normalized spacial score (nSPS) is 19.6. The molecule has 2 rings (SSSR count). The molecule has 3 heteroatoms. The van der Waals surface area contributed by atoms with Gasteiger partial charge in [-0.05, 0) is 5.92 Å². The maximum atomic E-state index is 13.1. The fourth-order valence-electron chi connectivity index (χ4n) is 1.83. The smallest absolute Gasteiger partial charge is 0.125 e. The Bertz CT molecular complexity index is 363. The Labute approximate surface area is 84.7 Å². The van der Waals surface area contributed by atoms with Crippen LogP contribution in [0.15, 0.2) is 12.1 Å². The van der Waals surface area contributed by atoms with Gasteiger partial charge in [0.2, 0.25) is 0 Å². The molecule has 0 N–H and O–H groups in total. The summed E-state index contributed by atoms with van der Waals surface area (Å²) in [5, 5.41) is 0. The third-order valence-corrected chi connectivity index (χ3v) is 2.75. The predicted octanol–water partition coefficient (Wildman–Crippen LogP) is 1.75. The lowest BCUT2D eigenvalue weighted by Crippen LogP contribution is -2.12. The minimum Gasteiger partial charge on any atom is -0.493 e. The number of hydrogen-bond donors (Lipinski definition) is 0. The van der Waals surface area contributed by atoms with Crippen molar-refractivity contribution in [2.24, 2.45) is 5.92 Å². The third-order valence-electron chi connectivity index (χ3n) is 2.75. The molecule has 14 heavy (non-hydrogen) atoms. The minimum absolute atomic E-state index is 0.208. The summed E-state index contributed by atoms with van der Waals surface area (Å²) in [4.78, 5) is 0. The molecule has 0 amide bonds. The highest BCUT2D eigenvalue weighted by Crippen LogP contribution is 2.37. The molecule has 0 fully saturated rings. The minimum atomic E-state index is -0.395. The van der Waals surface area contributed by atoms with Crippen molar-refractivity contribution in [1.82, 2.24) is 0 Å². The first kappa shape index (κ1) is 9.57. The summed E-state index contributed by atoms with van der Waals surface area (Å²) >= 11 is 0. The van der Waals surface area contributed by atoms with Crippen LogP contribution in [-0.4, -0.2) is 14.5 Å². The molecule has 0 saturated heterocycles. The molecule has 1 atom stereocenters. The zero-order valence-electron chi connectivity index (χ0n) is 8.38. The number of fused-ring (bicyclic) bond motifs is 1. The molecule has 1 aromatic carbocycles. The molecule has 0 aromatic heterocycles. The van der Waals surface area contributed by atoms with Crippen LogP contribution < -0.4 is 10.2 Å². The van der Waals surface area contributed by atoms with Crippen molar-refractivity contribution < 1.29 is 9.13 Å². The molecular formula is C11H12BFO. The summed E-state index contributed by atoms with van der Waals surface area (Å²) in [6.07, 6.45) is 0. The first-order valence-electron chi connectivity index (χ1n) is 4.81. The van der Waals surface area contributed by atoms with E-state index >= 15 is 0 Å². The Hall–Kier alpha value is -0.985. The molecule has 1 heterocycles. The van der Waals surface area contributed by atoms with E-state index in [0.717, 1.165) is 5.56 Å². The van der Waals surface area contributed by atoms with Gasteiger partial charge in [0.25, 0.3) is 0 Å². The molecule has 1 nitrogen and oxygen atoms in total. The van der Waals surface area contributed by atoms with E-state index in [1.54, 1.807) is 6.07 Å². The molecule has 2 radical (unpaired) electrons. The monoisotopic (exact) mass is 190 g/mol. The van der Waals surface area contributed by atoms with Crippen molar-refractivity contribution >= 4 is 13.3 Å². The zero-order chi connectivity index (χ0) is 10.3. The van der Waals surface area contributed by atoms with E-state index in [4.69, 9.17) is 12.6 Å². The predicted molar refractivity (Wildman–Crippen MR) is 54.9 cm³/mol. The summed E-state index contributed by atoms with van der Waals surface area (Å²) in [6.45, 7) is 4.89. The standard InChI is InChI=1S/C11H12BFO/c1-6(2)8-5-14-11-4-10(13)9(12)3-7(8)11/h3-4,6,8H,5H2,1-2H3. The highest BCUT2D eigenvalue weighted by Gasteiger charge is 2.27. The van der Waals surface area contributed by atoms with Crippen molar-refractivity contribution in [3.8, 4) is 5.75 Å². The molecule has 0 aliphatic carbocycles. The van der Waals surface area contributed by atoms with Gasteiger partial charge in [-0.25, -0.2) is 4.39 Å². The molecule has 1 unspecified atom stereocenters. The van der Waals surface area contributed by atoms with Crippen LogP contribution in [0.3, 0.4) is 0 Å². The molecule has 1 aromatic rings. The Balaban J connectivity index is 2.45. The van der Waals surface area contributed by atoms with Gasteiger partial charge in [-0.15, -0.1) is 0 Å². The lowest BCUT2D eigenvalue weighted by atomic mass is 9.85. The van der Waals surface area contributed by atoms with Crippen molar-refractivity contribution in [2.45, 2.75) is 19.8 Å². The molecule has 0 saturated carbocycles. The summed E-state index contributed by atoms with van der Waals surface area (Å²) in [6, 6.07) is 3.08. The van der Waals surface area contributed by atoms with E-state index < -0.39 is 5.82 Å². The second kappa shape index (κ2) is 3.30. The van der Waals surface area contributed by atoms with E-state index in [-0.39, 0.29) is 5.46 Å². The van der Waals surface area contributed by atoms with Gasteiger partial charge in [0, 0.05) is 17.5 Å². The summed E-state index contributed by atoms with van der Waals surface area (Å²) in [5.74, 6) is 1.08. The largest absolute Gasteiger partial charge is 0.493 e. The zero-order valence-corrected chi connectivity index (χ0v) is 8.38. The lowest BCUT2D eigenvalue weighted by molar-refractivity contribution is 0.303. The van der Waals surface area contributed by atoms with Crippen molar-refractivity contribution in [3.05, 3.63) is 23.5 Å². The third kappa shape index (κ3) is 1.41.